The van der Waals surface area contributed by atoms with Gasteiger partial charge in [0.05, 0.1) is 12.7 Å². The summed E-state index contributed by atoms with van der Waals surface area (Å²) >= 11 is 3.31. The molecule has 0 spiro atoms. The first-order valence-electron chi connectivity index (χ1n) is 4.64. The molecule has 17 heavy (non-hydrogen) atoms. The van der Waals surface area contributed by atoms with Crippen molar-refractivity contribution in [2.75, 3.05) is 7.11 Å². The van der Waals surface area contributed by atoms with Gasteiger partial charge in [-0.3, -0.25) is 0 Å². The Morgan fingerprint density at radius 1 is 1.53 bits per heavy atom. The minimum atomic E-state index is -1.14. The fourth-order valence-corrected chi connectivity index (χ4v) is 1.78. The Morgan fingerprint density at radius 3 is 2.94 bits per heavy atom. The third-order valence-corrected chi connectivity index (χ3v) is 2.67. The highest BCUT2D eigenvalue weighted by Crippen LogP contribution is 2.34. The number of hydrogen-bond acceptors (Lipinski definition) is 4. The number of carboxylic acid groups (broad SMARTS) is 1. The van der Waals surface area contributed by atoms with E-state index >= 15 is 0 Å². The molecule has 6 heteroatoms. The van der Waals surface area contributed by atoms with E-state index in [9.17, 15) is 4.79 Å². The van der Waals surface area contributed by atoms with Crippen LogP contribution in [0.4, 0.5) is 0 Å². The summed E-state index contributed by atoms with van der Waals surface area (Å²) in [7, 11) is 1.50. The number of carboxylic acids is 1. The maximum atomic E-state index is 11.0. The van der Waals surface area contributed by atoms with Crippen LogP contribution in [0.5, 0.6) is 5.75 Å². The van der Waals surface area contributed by atoms with Gasteiger partial charge in [0.25, 0.3) is 0 Å². The van der Waals surface area contributed by atoms with Crippen LogP contribution in [0, 0.1) is 0 Å². The van der Waals surface area contributed by atoms with Crippen molar-refractivity contribution in [3.05, 3.63) is 34.8 Å². The SMILES string of the molecule is COc1cc(Br)ccc1-c1ocnc1C(=O)O. The third kappa shape index (κ3) is 2.16. The average molecular weight is 298 g/mol. The molecule has 1 N–H and O–H groups in total. The Balaban J connectivity index is 2.60. The van der Waals surface area contributed by atoms with E-state index in [4.69, 9.17) is 14.3 Å². The Kier molecular flexibility index (Phi) is 3.14. The Bertz CT molecular complexity index is 564. The summed E-state index contributed by atoms with van der Waals surface area (Å²) in [5.41, 5.74) is 0.413. The van der Waals surface area contributed by atoms with Gasteiger partial charge in [0, 0.05) is 4.47 Å². The number of aromatic carboxylic acids is 1. The summed E-state index contributed by atoms with van der Waals surface area (Å²) in [4.78, 5) is 14.6. The predicted octanol–water partition coefficient (Wildman–Crippen LogP) is 2.81. The summed E-state index contributed by atoms with van der Waals surface area (Å²) in [5.74, 6) is -0.445. The Hall–Kier alpha value is -1.82. The summed E-state index contributed by atoms with van der Waals surface area (Å²) in [6.45, 7) is 0. The van der Waals surface area contributed by atoms with Crippen LogP contribution in [0.25, 0.3) is 11.3 Å². The topological polar surface area (TPSA) is 72.6 Å². The van der Waals surface area contributed by atoms with Gasteiger partial charge in [-0.2, -0.15) is 0 Å². The molecule has 0 aliphatic rings. The quantitative estimate of drug-likeness (QED) is 0.943. The van der Waals surface area contributed by atoms with Crippen molar-refractivity contribution in [1.29, 1.82) is 0 Å². The van der Waals surface area contributed by atoms with Crippen LogP contribution in [0.2, 0.25) is 0 Å². The van der Waals surface area contributed by atoms with Gasteiger partial charge >= 0.3 is 5.97 Å². The van der Waals surface area contributed by atoms with Gasteiger partial charge in [-0.05, 0) is 18.2 Å². The highest BCUT2D eigenvalue weighted by Gasteiger charge is 2.20. The van der Waals surface area contributed by atoms with Gasteiger partial charge in [-0.25, -0.2) is 9.78 Å². The molecule has 0 radical (unpaired) electrons. The number of halogens is 1. The monoisotopic (exact) mass is 297 g/mol. The van der Waals surface area contributed by atoms with E-state index < -0.39 is 5.97 Å². The fraction of sp³-hybridized carbons (Fsp3) is 0.0909. The zero-order valence-electron chi connectivity index (χ0n) is 8.81. The molecule has 2 rings (SSSR count). The number of carbonyl (C=O) groups is 1. The van der Waals surface area contributed by atoms with E-state index in [1.54, 1.807) is 18.2 Å². The molecule has 88 valence electrons. The number of ether oxygens (including phenoxy) is 1. The maximum Gasteiger partial charge on any atom is 0.358 e. The number of benzene rings is 1. The molecule has 0 atom stereocenters. The smallest absolute Gasteiger partial charge is 0.358 e. The summed E-state index contributed by atoms with van der Waals surface area (Å²) in [5, 5.41) is 8.96. The minimum absolute atomic E-state index is 0.134. The Morgan fingerprint density at radius 2 is 2.29 bits per heavy atom. The molecule has 1 aromatic carbocycles. The second kappa shape index (κ2) is 4.58. The van der Waals surface area contributed by atoms with Crippen molar-refractivity contribution in [2.24, 2.45) is 0 Å². The third-order valence-electron chi connectivity index (χ3n) is 2.18. The van der Waals surface area contributed by atoms with E-state index in [0.717, 1.165) is 10.9 Å². The lowest BCUT2D eigenvalue weighted by atomic mass is 10.1. The first-order chi connectivity index (χ1) is 8.13. The molecule has 0 aliphatic carbocycles. The predicted molar refractivity (Wildman–Crippen MR) is 63.2 cm³/mol. The van der Waals surface area contributed by atoms with Crippen LogP contribution in [0.15, 0.2) is 33.5 Å². The highest BCUT2D eigenvalue weighted by molar-refractivity contribution is 9.10. The molecule has 0 amide bonds. The zero-order chi connectivity index (χ0) is 12.4. The summed E-state index contributed by atoms with van der Waals surface area (Å²) in [6, 6.07) is 5.20. The number of methoxy groups -OCH3 is 1. The van der Waals surface area contributed by atoms with Crippen LogP contribution in [0.1, 0.15) is 10.5 Å². The summed E-state index contributed by atoms with van der Waals surface area (Å²) in [6.07, 6.45) is 1.10. The molecule has 2 aromatic rings. The average Bonchev–Trinajstić information content (AvgIpc) is 2.77. The number of hydrogen-bond donors (Lipinski definition) is 1. The highest BCUT2D eigenvalue weighted by atomic mass is 79.9. The van der Waals surface area contributed by atoms with Gasteiger partial charge in [0.15, 0.2) is 17.8 Å². The van der Waals surface area contributed by atoms with Crippen molar-refractivity contribution in [3.63, 3.8) is 0 Å². The molecule has 0 fully saturated rings. The van der Waals surface area contributed by atoms with Crippen LogP contribution in [0.3, 0.4) is 0 Å². The molecule has 5 nitrogen and oxygen atoms in total. The number of oxazole rings is 1. The van der Waals surface area contributed by atoms with Crippen LogP contribution in [-0.2, 0) is 0 Å². The van der Waals surface area contributed by atoms with Crippen LogP contribution in [-0.4, -0.2) is 23.2 Å². The van der Waals surface area contributed by atoms with Crippen molar-refractivity contribution in [2.45, 2.75) is 0 Å². The van der Waals surface area contributed by atoms with Crippen molar-refractivity contribution in [1.82, 2.24) is 4.98 Å². The van der Waals surface area contributed by atoms with E-state index in [0.29, 0.717) is 11.3 Å². The molecule has 1 aromatic heterocycles. The first kappa shape index (κ1) is 11.7. The Labute approximate surface area is 105 Å². The molecule has 0 aliphatic heterocycles. The lowest BCUT2D eigenvalue weighted by Crippen LogP contribution is -1.99. The van der Waals surface area contributed by atoms with E-state index in [1.165, 1.54) is 7.11 Å². The molecule has 0 saturated carbocycles. The second-order valence-electron chi connectivity index (χ2n) is 3.18. The van der Waals surface area contributed by atoms with Crippen LogP contribution >= 0.6 is 15.9 Å². The lowest BCUT2D eigenvalue weighted by molar-refractivity contribution is 0.0691. The van der Waals surface area contributed by atoms with Gasteiger partial charge in [-0.15, -0.1) is 0 Å². The maximum absolute atomic E-state index is 11.0. The van der Waals surface area contributed by atoms with Gasteiger partial charge in [-0.1, -0.05) is 15.9 Å². The standard InChI is InChI=1S/C11H8BrNO4/c1-16-8-4-6(12)2-3-7(8)10-9(11(14)15)13-5-17-10/h2-5H,1H3,(H,14,15). The lowest BCUT2D eigenvalue weighted by Gasteiger charge is -2.06. The van der Waals surface area contributed by atoms with Gasteiger partial charge in [0.2, 0.25) is 0 Å². The normalized spacial score (nSPS) is 10.2. The minimum Gasteiger partial charge on any atom is -0.496 e. The fourth-order valence-electron chi connectivity index (χ4n) is 1.44. The molecule has 0 bridgehead atoms. The number of aromatic nitrogens is 1. The zero-order valence-corrected chi connectivity index (χ0v) is 10.4. The van der Waals surface area contributed by atoms with Gasteiger partial charge < -0.3 is 14.3 Å². The largest absolute Gasteiger partial charge is 0.496 e. The van der Waals surface area contributed by atoms with Crippen molar-refractivity contribution >= 4 is 21.9 Å². The van der Waals surface area contributed by atoms with E-state index in [2.05, 4.69) is 20.9 Å². The molecular weight excluding hydrogens is 290 g/mol. The van der Waals surface area contributed by atoms with Gasteiger partial charge in [0.1, 0.15) is 5.75 Å². The van der Waals surface area contributed by atoms with Crippen LogP contribution < -0.4 is 4.74 Å². The molecular formula is C11H8BrNO4. The van der Waals surface area contributed by atoms with Crippen molar-refractivity contribution < 1.29 is 19.1 Å². The molecule has 0 unspecified atom stereocenters. The first-order valence-corrected chi connectivity index (χ1v) is 5.43. The van der Waals surface area contributed by atoms with E-state index in [-0.39, 0.29) is 11.5 Å². The molecule has 1 heterocycles. The second-order valence-corrected chi connectivity index (χ2v) is 4.10. The number of nitrogens with zero attached hydrogens (tertiary/aromatic N) is 1. The van der Waals surface area contributed by atoms with E-state index in [1.807, 2.05) is 0 Å². The number of rotatable bonds is 3. The summed E-state index contributed by atoms with van der Waals surface area (Å²) < 4.78 is 11.1. The van der Waals surface area contributed by atoms with Crippen molar-refractivity contribution in [3.8, 4) is 17.1 Å². The molecule has 0 saturated heterocycles.